The molecule has 0 aliphatic carbocycles. The second-order valence-electron chi connectivity index (χ2n) is 2.90. The number of hydrogen-bond donors (Lipinski definition) is 1. The Kier molecular flexibility index (Phi) is 3.20. The molecule has 1 unspecified atom stereocenters. The fraction of sp³-hybridized carbons (Fsp3) is 0.857. The first-order chi connectivity index (χ1) is 5.20. The molecule has 1 aliphatic rings. The fourth-order valence-electron chi connectivity index (χ4n) is 1.24. The maximum atomic E-state index is 10.5. The average molecular weight is 174 g/mol. The summed E-state index contributed by atoms with van der Waals surface area (Å²) in [6.45, 7) is 0.394. The standard InChI is InChI=1S/C7H14N2OS/c1-9(4-7(8)10)6-2-3-11-5-6/h6H,2-5H2,1H3,(H2,8,10). The van der Waals surface area contributed by atoms with E-state index in [-0.39, 0.29) is 5.91 Å². The number of carbonyl (C=O) groups excluding carboxylic acids is 1. The molecule has 0 aromatic heterocycles. The molecule has 0 aromatic carbocycles. The Morgan fingerprint density at radius 3 is 3.00 bits per heavy atom. The zero-order valence-corrected chi connectivity index (χ0v) is 7.56. The molecular formula is C7H14N2OS. The molecule has 1 heterocycles. The summed E-state index contributed by atoms with van der Waals surface area (Å²) in [4.78, 5) is 12.6. The van der Waals surface area contributed by atoms with E-state index in [1.54, 1.807) is 0 Å². The van der Waals surface area contributed by atoms with Crippen molar-refractivity contribution in [1.82, 2.24) is 4.90 Å². The van der Waals surface area contributed by atoms with E-state index in [0.29, 0.717) is 12.6 Å². The zero-order valence-electron chi connectivity index (χ0n) is 6.75. The summed E-state index contributed by atoms with van der Waals surface area (Å²) in [5.74, 6) is 2.13. The molecule has 1 rings (SSSR count). The Morgan fingerprint density at radius 1 is 1.82 bits per heavy atom. The van der Waals surface area contributed by atoms with Crippen LogP contribution in [0.25, 0.3) is 0 Å². The summed E-state index contributed by atoms with van der Waals surface area (Å²) in [6.07, 6.45) is 1.19. The van der Waals surface area contributed by atoms with Gasteiger partial charge in [-0.1, -0.05) is 0 Å². The van der Waals surface area contributed by atoms with Gasteiger partial charge in [0.2, 0.25) is 5.91 Å². The second kappa shape index (κ2) is 3.97. The van der Waals surface area contributed by atoms with E-state index in [4.69, 9.17) is 5.73 Å². The van der Waals surface area contributed by atoms with Crippen molar-refractivity contribution in [3.63, 3.8) is 0 Å². The van der Waals surface area contributed by atoms with Gasteiger partial charge in [0.15, 0.2) is 0 Å². The van der Waals surface area contributed by atoms with Crippen LogP contribution in [0.1, 0.15) is 6.42 Å². The predicted octanol–water partition coefficient (Wildman–Crippen LogP) is -0.0910. The molecule has 1 aliphatic heterocycles. The molecule has 64 valence electrons. The van der Waals surface area contributed by atoms with Crippen LogP contribution >= 0.6 is 11.8 Å². The molecule has 0 spiro atoms. The Labute approximate surface area is 71.3 Å². The summed E-state index contributed by atoms with van der Waals surface area (Å²) < 4.78 is 0. The number of carbonyl (C=O) groups is 1. The molecule has 0 bridgehead atoms. The fourth-order valence-corrected chi connectivity index (χ4v) is 2.54. The normalized spacial score (nSPS) is 24.4. The lowest BCUT2D eigenvalue weighted by Gasteiger charge is -2.21. The van der Waals surface area contributed by atoms with Crippen molar-refractivity contribution < 1.29 is 4.79 Å². The zero-order chi connectivity index (χ0) is 8.27. The van der Waals surface area contributed by atoms with E-state index in [1.165, 1.54) is 12.2 Å². The summed E-state index contributed by atoms with van der Waals surface area (Å²) in [5.41, 5.74) is 5.07. The second-order valence-corrected chi connectivity index (χ2v) is 4.05. The summed E-state index contributed by atoms with van der Waals surface area (Å²) >= 11 is 1.94. The van der Waals surface area contributed by atoms with E-state index < -0.39 is 0 Å². The van der Waals surface area contributed by atoms with Crippen molar-refractivity contribution in [1.29, 1.82) is 0 Å². The lowest BCUT2D eigenvalue weighted by Crippen LogP contribution is -2.38. The first-order valence-corrected chi connectivity index (χ1v) is 4.92. The van der Waals surface area contributed by atoms with E-state index in [2.05, 4.69) is 0 Å². The van der Waals surface area contributed by atoms with Gasteiger partial charge < -0.3 is 5.73 Å². The Bertz CT molecular complexity index is 145. The molecule has 0 saturated carbocycles. The Hall–Kier alpha value is -0.220. The van der Waals surface area contributed by atoms with Crippen molar-refractivity contribution in [3.8, 4) is 0 Å². The maximum absolute atomic E-state index is 10.5. The minimum Gasteiger partial charge on any atom is -0.369 e. The number of thioether (sulfide) groups is 1. The van der Waals surface area contributed by atoms with Crippen LogP contribution in [0.4, 0.5) is 0 Å². The van der Waals surface area contributed by atoms with Crippen LogP contribution in [-0.2, 0) is 4.79 Å². The predicted molar refractivity (Wildman–Crippen MR) is 47.6 cm³/mol. The van der Waals surface area contributed by atoms with Gasteiger partial charge in [0.1, 0.15) is 0 Å². The van der Waals surface area contributed by atoms with Crippen molar-refractivity contribution in [3.05, 3.63) is 0 Å². The third-order valence-electron chi connectivity index (χ3n) is 1.93. The van der Waals surface area contributed by atoms with Gasteiger partial charge in [0.25, 0.3) is 0 Å². The highest BCUT2D eigenvalue weighted by Gasteiger charge is 2.20. The highest BCUT2D eigenvalue weighted by Crippen LogP contribution is 2.20. The van der Waals surface area contributed by atoms with Crippen LogP contribution < -0.4 is 5.73 Å². The van der Waals surface area contributed by atoms with Crippen LogP contribution in [0.5, 0.6) is 0 Å². The van der Waals surface area contributed by atoms with Crippen LogP contribution in [0, 0.1) is 0 Å². The highest BCUT2D eigenvalue weighted by atomic mass is 32.2. The van der Waals surface area contributed by atoms with Crippen molar-refractivity contribution in [2.45, 2.75) is 12.5 Å². The van der Waals surface area contributed by atoms with E-state index >= 15 is 0 Å². The molecule has 3 nitrogen and oxygen atoms in total. The average Bonchev–Trinajstić information content (AvgIpc) is 2.35. The monoisotopic (exact) mass is 174 g/mol. The van der Waals surface area contributed by atoms with Gasteiger partial charge in [-0.25, -0.2) is 0 Å². The van der Waals surface area contributed by atoms with Gasteiger partial charge in [-0.05, 0) is 19.2 Å². The molecule has 11 heavy (non-hydrogen) atoms. The SMILES string of the molecule is CN(CC(N)=O)C1CCSC1. The van der Waals surface area contributed by atoms with Crippen molar-refractivity contribution in [2.75, 3.05) is 25.1 Å². The third kappa shape index (κ3) is 2.71. The van der Waals surface area contributed by atoms with Crippen LogP contribution in [0.3, 0.4) is 0 Å². The summed E-state index contributed by atoms with van der Waals surface area (Å²) in [6, 6.07) is 0.562. The number of rotatable bonds is 3. The Morgan fingerprint density at radius 2 is 2.55 bits per heavy atom. The molecule has 1 atom stereocenters. The quantitative estimate of drug-likeness (QED) is 0.650. The topological polar surface area (TPSA) is 46.3 Å². The van der Waals surface area contributed by atoms with Crippen molar-refractivity contribution >= 4 is 17.7 Å². The maximum Gasteiger partial charge on any atom is 0.231 e. The number of amides is 1. The number of likely N-dealkylation sites (N-methyl/N-ethyl adjacent to an activating group) is 1. The van der Waals surface area contributed by atoms with Gasteiger partial charge in [-0.2, -0.15) is 11.8 Å². The number of nitrogens with two attached hydrogens (primary N) is 1. The minimum absolute atomic E-state index is 0.232. The van der Waals surface area contributed by atoms with Gasteiger partial charge in [-0.15, -0.1) is 0 Å². The molecule has 0 radical (unpaired) electrons. The third-order valence-corrected chi connectivity index (χ3v) is 3.08. The molecule has 1 saturated heterocycles. The first kappa shape index (κ1) is 8.87. The van der Waals surface area contributed by atoms with Gasteiger partial charge in [-0.3, -0.25) is 9.69 Å². The molecular weight excluding hydrogens is 160 g/mol. The molecule has 2 N–H and O–H groups in total. The lowest BCUT2D eigenvalue weighted by molar-refractivity contribution is -0.119. The van der Waals surface area contributed by atoms with Gasteiger partial charge in [0, 0.05) is 11.8 Å². The number of hydrogen-bond acceptors (Lipinski definition) is 3. The van der Waals surface area contributed by atoms with Crippen LogP contribution in [0.15, 0.2) is 0 Å². The van der Waals surface area contributed by atoms with Gasteiger partial charge >= 0.3 is 0 Å². The summed E-state index contributed by atoms with van der Waals surface area (Å²) in [5, 5.41) is 0. The highest BCUT2D eigenvalue weighted by molar-refractivity contribution is 7.99. The molecule has 1 amide bonds. The van der Waals surface area contributed by atoms with E-state index in [0.717, 1.165) is 5.75 Å². The minimum atomic E-state index is -0.232. The number of primary amides is 1. The largest absolute Gasteiger partial charge is 0.369 e. The van der Waals surface area contributed by atoms with Crippen LogP contribution in [-0.4, -0.2) is 41.9 Å². The van der Waals surface area contributed by atoms with E-state index in [1.807, 2.05) is 23.7 Å². The molecule has 0 aromatic rings. The van der Waals surface area contributed by atoms with Crippen molar-refractivity contribution in [2.24, 2.45) is 5.73 Å². The summed E-state index contributed by atoms with van der Waals surface area (Å²) in [7, 11) is 1.96. The molecule has 4 heteroatoms. The number of nitrogens with zero attached hydrogens (tertiary/aromatic N) is 1. The smallest absolute Gasteiger partial charge is 0.231 e. The van der Waals surface area contributed by atoms with Crippen LogP contribution in [0.2, 0.25) is 0 Å². The van der Waals surface area contributed by atoms with E-state index in [9.17, 15) is 4.79 Å². The Balaban J connectivity index is 2.28. The lowest BCUT2D eigenvalue weighted by atomic mass is 10.2. The molecule has 1 fully saturated rings. The van der Waals surface area contributed by atoms with Gasteiger partial charge in [0.05, 0.1) is 6.54 Å². The first-order valence-electron chi connectivity index (χ1n) is 3.76.